The minimum atomic E-state index is -0.811. The van der Waals surface area contributed by atoms with Gasteiger partial charge in [0.1, 0.15) is 69.9 Å². The number of carbonyl (C=O) groups is 6. The van der Waals surface area contributed by atoms with Gasteiger partial charge in [0, 0.05) is 112 Å². The van der Waals surface area contributed by atoms with Crippen LogP contribution in [0, 0.1) is 38.2 Å². The molecule has 0 bridgehead atoms. The first-order chi connectivity index (χ1) is 69.8. The SMILES string of the molecule is C=CC(=O)N1C[C@@H]2C(=O)N(CCN(C)C)c3c(c4cc(Cl)c(-c5c(O)cccc5F)nc4n(-c4c(C)ccnc4C(C)C)c3=O)N2C[C@H]1C.C=CC(=O)N1C[C@@H]2C(=O)N(CCN(C)C)c3c(c4cc(Cl)c(-c5c(O)cccc5F)nc4n(-c4c(C)ccnc4C(C)C)c3=O)N2C[C@H]1C.C=CC(=O)N1C[C@@H]2C(=O)N(CCN(C)C)c3c(c4cc(Cl)c(-c5c(O)cccc5F)nc4n(-c4c(C)ccnc4C(C)C)c3=O)N2C[C@H]1C. The van der Waals surface area contributed by atoms with E-state index in [0.29, 0.717) is 87.0 Å². The van der Waals surface area contributed by atoms with Crippen molar-refractivity contribution in [1.82, 2.24) is 73.0 Å². The Morgan fingerprint density at radius 1 is 0.395 bits per heavy atom. The van der Waals surface area contributed by atoms with Gasteiger partial charge in [0.25, 0.3) is 34.4 Å². The molecular weight excluding hydrogens is 1950 g/mol. The van der Waals surface area contributed by atoms with E-state index in [4.69, 9.17) is 49.8 Å². The second-order valence-electron chi connectivity index (χ2n) is 39.5. The number of aryl methyl sites for hydroxylation is 3. The lowest BCUT2D eigenvalue weighted by atomic mass is 9.97. The highest BCUT2D eigenvalue weighted by molar-refractivity contribution is 6.35. The first-order valence-corrected chi connectivity index (χ1v) is 49.6. The summed E-state index contributed by atoms with van der Waals surface area (Å²) in [5.41, 5.74) is 5.54. The topological polar surface area (TPSA) is 345 Å². The standard InChI is InChI=1S/3C36H39ClFN7O4/c3*1-8-27(47)43-18-25-35(48)42(15-14-41(6)7)33-32(44(25)17-21(43)5)22-16-23(37)30(28-24(38)10-9-11-26(28)46)40-34(22)45(36(33)49)31-20(4)12-13-39-29(31)19(2)3/h3*8-13,16,19,21,25,46H,1,14-15,17-18H2,2-7H3/t3*21-,25-/m111/s1. The number of rotatable bonds is 21. The van der Waals surface area contributed by atoms with E-state index in [1.165, 1.54) is 101 Å². The van der Waals surface area contributed by atoms with Gasteiger partial charge in [0.05, 0.1) is 120 Å². The van der Waals surface area contributed by atoms with Crippen LogP contribution in [0.5, 0.6) is 17.2 Å². The second kappa shape index (κ2) is 41.8. The van der Waals surface area contributed by atoms with Crippen molar-refractivity contribution in [1.29, 1.82) is 0 Å². The molecule has 6 amide bonds. The number of likely N-dealkylation sites (N-methyl/N-ethyl adjacent to an activating group) is 3. The number of carbonyl (C=O) groups excluding carboxylic acids is 6. The number of hydrogen-bond donors (Lipinski definition) is 3. The van der Waals surface area contributed by atoms with Crippen molar-refractivity contribution in [3.05, 3.63) is 245 Å². The van der Waals surface area contributed by atoms with E-state index in [9.17, 15) is 44.1 Å². The summed E-state index contributed by atoms with van der Waals surface area (Å²) >= 11 is 20.8. The number of phenolic OH excluding ortho intramolecular Hbond substituents is 3. The summed E-state index contributed by atoms with van der Waals surface area (Å²) in [6.07, 6.45) is 8.73. The molecule has 0 unspecified atom stereocenters. The number of fused-ring (bicyclic) bond motifs is 15. The van der Waals surface area contributed by atoms with Crippen LogP contribution in [0.2, 0.25) is 15.1 Å². The Morgan fingerprint density at radius 3 is 0.857 bits per heavy atom. The van der Waals surface area contributed by atoms with E-state index in [2.05, 4.69) is 34.7 Å². The van der Waals surface area contributed by atoms with Crippen LogP contribution < -0.4 is 46.1 Å². The lowest BCUT2D eigenvalue weighted by Crippen LogP contribution is -2.67. The van der Waals surface area contributed by atoms with Gasteiger partial charge in [-0.1, -0.05) is 114 Å². The molecule has 0 radical (unpaired) electrons. The van der Waals surface area contributed by atoms with Crippen molar-refractivity contribution in [2.24, 2.45) is 0 Å². The lowest BCUT2D eigenvalue weighted by Gasteiger charge is -2.50. The first kappa shape index (κ1) is 105. The Hall–Kier alpha value is -14.4. The Morgan fingerprint density at radius 2 is 0.639 bits per heavy atom. The number of nitrogens with zero attached hydrogens (tertiary/aromatic N) is 21. The molecule has 6 atom stereocenters. The number of amides is 6. The predicted octanol–water partition coefficient (Wildman–Crippen LogP) is 14.6. The van der Waals surface area contributed by atoms with Gasteiger partial charge in [-0.3, -0.25) is 71.8 Å². The van der Waals surface area contributed by atoms with Gasteiger partial charge in [-0.15, -0.1) is 0 Å². The number of aromatic nitrogens is 9. The Balaban J connectivity index is 0.000000158. The molecule has 0 aliphatic carbocycles. The fourth-order valence-electron chi connectivity index (χ4n) is 20.6. The van der Waals surface area contributed by atoms with Crippen molar-refractivity contribution in [2.45, 2.75) is 137 Å². The highest BCUT2D eigenvalue weighted by Crippen LogP contribution is 2.51. The van der Waals surface area contributed by atoms with Crippen LogP contribution in [-0.2, 0) is 28.8 Å². The zero-order chi connectivity index (χ0) is 106. The van der Waals surface area contributed by atoms with Crippen LogP contribution in [0.15, 0.2) is 162 Å². The third kappa shape index (κ3) is 18.8. The highest BCUT2D eigenvalue weighted by Gasteiger charge is 2.52. The minimum absolute atomic E-state index is 0.0362. The molecule has 33 nitrogen and oxygen atoms in total. The quantitative estimate of drug-likeness (QED) is 0.0563. The molecule has 9 aromatic heterocycles. The molecule has 12 aromatic rings. The summed E-state index contributed by atoms with van der Waals surface area (Å²) in [5.74, 6) is -5.45. The number of hydrogen-bond acceptors (Lipinski definition) is 24. The molecule has 3 saturated heterocycles. The lowest BCUT2D eigenvalue weighted by molar-refractivity contribution is -0.132. The smallest absolute Gasteiger partial charge is 0.283 e. The largest absolute Gasteiger partial charge is 0.507 e. The van der Waals surface area contributed by atoms with E-state index >= 15 is 27.6 Å². The molecule has 3 N–H and O–H groups in total. The molecule has 768 valence electrons. The monoisotopic (exact) mass is 2060 g/mol. The Bertz CT molecular complexity index is 6880. The van der Waals surface area contributed by atoms with Gasteiger partial charge in [-0.2, -0.15) is 0 Å². The number of piperazine rings is 3. The molecule has 0 saturated carbocycles. The summed E-state index contributed by atoms with van der Waals surface area (Å²) in [7, 11) is 11.3. The van der Waals surface area contributed by atoms with Crippen LogP contribution in [0.4, 0.5) is 47.3 Å². The van der Waals surface area contributed by atoms with Gasteiger partial charge in [0.2, 0.25) is 17.7 Å². The van der Waals surface area contributed by atoms with Crippen LogP contribution in [0.1, 0.15) is 114 Å². The third-order valence-electron chi connectivity index (χ3n) is 27.8. The zero-order valence-corrected chi connectivity index (χ0v) is 87.4. The van der Waals surface area contributed by atoms with Crippen LogP contribution >= 0.6 is 34.8 Å². The second-order valence-corrected chi connectivity index (χ2v) is 40.8. The summed E-state index contributed by atoms with van der Waals surface area (Å²) in [5, 5.41) is 33.7. The van der Waals surface area contributed by atoms with Crippen molar-refractivity contribution in [2.75, 3.05) is 150 Å². The van der Waals surface area contributed by atoms with Crippen LogP contribution in [0.3, 0.4) is 0 Å². The zero-order valence-electron chi connectivity index (χ0n) is 85.1. The van der Waals surface area contributed by atoms with E-state index < -0.39 is 52.3 Å². The van der Waals surface area contributed by atoms with E-state index in [1.807, 2.05) is 155 Å². The van der Waals surface area contributed by atoms with E-state index in [0.717, 1.165) is 16.7 Å². The number of halogens is 6. The fraction of sp³-hybridized carbons (Fsp3) is 0.361. The van der Waals surface area contributed by atoms with Gasteiger partial charge in [-0.05, 0) is 209 Å². The minimum Gasteiger partial charge on any atom is -0.507 e. The van der Waals surface area contributed by atoms with Crippen LogP contribution in [0.25, 0.3) is 83.9 Å². The number of anilines is 6. The van der Waals surface area contributed by atoms with Gasteiger partial charge >= 0.3 is 0 Å². The maximum absolute atomic E-state index is 15.3. The van der Waals surface area contributed by atoms with E-state index in [-0.39, 0.29) is 230 Å². The van der Waals surface area contributed by atoms with Crippen molar-refractivity contribution in [3.63, 3.8) is 0 Å². The van der Waals surface area contributed by atoms with Crippen LogP contribution in [-0.4, -0.2) is 281 Å². The molecule has 3 fully saturated rings. The van der Waals surface area contributed by atoms with Crippen molar-refractivity contribution >= 4 is 137 Å². The predicted molar refractivity (Wildman–Crippen MR) is 568 cm³/mol. The maximum atomic E-state index is 15.3. The van der Waals surface area contributed by atoms with E-state index in [1.54, 1.807) is 69.7 Å². The van der Waals surface area contributed by atoms with Gasteiger partial charge < -0.3 is 74.1 Å². The first-order valence-electron chi connectivity index (χ1n) is 48.5. The van der Waals surface area contributed by atoms with Crippen molar-refractivity contribution in [3.8, 4) is 68.1 Å². The average Bonchev–Trinajstić information content (AvgIpc) is 0.708. The number of benzene rings is 3. The molecule has 39 heteroatoms. The summed E-state index contributed by atoms with van der Waals surface area (Å²) in [4.78, 5) is 177. The molecule has 3 aromatic carbocycles. The molecule has 0 spiro atoms. The molecular formula is C108H117Cl3F3N21O12. The Kier molecular flexibility index (Phi) is 30.0. The Labute approximate surface area is 862 Å². The fourth-order valence-corrected chi connectivity index (χ4v) is 21.4. The van der Waals surface area contributed by atoms with Gasteiger partial charge in [-0.25, -0.2) is 28.1 Å². The molecule has 15 heterocycles. The molecule has 6 aliphatic rings. The molecule has 18 rings (SSSR count). The normalized spacial score (nSPS) is 17.6. The van der Waals surface area contributed by atoms with Crippen molar-refractivity contribution < 1.29 is 57.3 Å². The maximum Gasteiger partial charge on any atom is 0.283 e. The summed E-state index contributed by atoms with van der Waals surface area (Å²) < 4.78 is 50.3. The molecule has 147 heavy (non-hydrogen) atoms. The van der Waals surface area contributed by atoms with Gasteiger partial charge in [0.15, 0.2) is 16.9 Å². The third-order valence-corrected chi connectivity index (χ3v) is 28.7. The average molecular weight is 2060 g/mol. The molecule has 6 aliphatic heterocycles. The number of pyridine rings is 9. The summed E-state index contributed by atoms with van der Waals surface area (Å²) in [6, 6.07) is 18.5. The number of aromatic hydroxyl groups is 3. The summed E-state index contributed by atoms with van der Waals surface area (Å²) in [6.45, 7) is 36.8. The highest BCUT2D eigenvalue weighted by atomic mass is 35.5. The number of phenols is 3.